The minimum atomic E-state index is -0.435. The van der Waals surface area contributed by atoms with Crippen molar-refractivity contribution in [3.63, 3.8) is 0 Å². The highest BCUT2D eigenvalue weighted by atomic mass is 79.9. The highest BCUT2D eigenvalue weighted by Crippen LogP contribution is 2.13. The molecule has 0 saturated heterocycles. The Balaban J connectivity index is 2.71. The van der Waals surface area contributed by atoms with Crippen LogP contribution >= 0.6 is 15.9 Å². The lowest BCUT2D eigenvalue weighted by Gasteiger charge is -2.00. The number of hydrogen-bond acceptors (Lipinski definition) is 2. The Hall–Kier alpha value is -0.350. The van der Waals surface area contributed by atoms with E-state index in [4.69, 9.17) is 0 Å². The maximum absolute atomic E-state index is 9.34. The smallest absolute Gasteiger partial charge is 0.0917 e. The second-order valence-electron chi connectivity index (χ2n) is 2.30. The summed E-state index contributed by atoms with van der Waals surface area (Å²) >= 11 is 3.20. The van der Waals surface area contributed by atoms with Crippen molar-refractivity contribution >= 4 is 15.9 Å². The highest BCUT2D eigenvalue weighted by molar-refractivity contribution is 9.09. The van der Waals surface area contributed by atoms with Crippen molar-refractivity contribution in [1.29, 1.82) is 0 Å². The number of halogens is 1. The van der Waals surface area contributed by atoms with Gasteiger partial charge in [-0.05, 0) is 6.92 Å². The molecule has 1 atom stereocenters. The van der Waals surface area contributed by atoms with Crippen LogP contribution in [0.3, 0.4) is 0 Å². The topological polar surface area (TPSA) is 38.0 Å². The van der Waals surface area contributed by atoms with Crippen LogP contribution in [-0.2, 0) is 6.54 Å². The zero-order chi connectivity index (χ0) is 8.27. The molecule has 1 unspecified atom stereocenters. The molecule has 0 aliphatic carbocycles. The molecule has 0 aliphatic heterocycles. The zero-order valence-electron chi connectivity index (χ0n) is 6.37. The van der Waals surface area contributed by atoms with Gasteiger partial charge in [-0.1, -0.05) is 15.9 Å². The summed E-state index contributed by atoms with van der Waals surface area (Å²) in [6, 6.07) is 0. The van der Waals surface area contributed by atoms with Crippen LogP contribution in [-0.4, -0.2) is 20.2 Å². The number of aliphatic hydroxyl groups excluding tert-OH is 1. The van der Waals surface area contributed by atoms with Crippen LogP contribution in [0, 0.1) is 0 Å². The van der Waals surface area contributed by atoms with Gasteiger partial charge in [0.15, 0.2) is 0 Å². The molecule has 1 aromatic rings. The number of aliphatic hydroxyl groups is 1. The standard InChI is InChI=1S/C7H11BrN2O/c1-2-10-5-6(4-9-10)7(11)3-8/h4-5,7,11H,2-3H2,1H3. The van der Waals surface area contributed by atoms with Gasteiger partial charge in [-0.25, -0.2) is 0 Å². The van der Waals surface area contributed by atoms with E-state index in [0.29, 0.717) is 5.33 Å². The molecule has 3 nitrogen and oxygen atoms in total. The molecule has 0 fully saturated rings. The van der Waals surface area contributed by atoms with Crippen molar-refractivity contribution in [2.24, 2.45) is 0 Å². The van der Waals surface area contributed by atoms with Crippen LogP contribution in [0.5, 0.6) is 0 Å². The summed E-state index contributed by atoms with van der Waals surface area (Å²) in [5.41, 5.74) is 0.865. The maximum atomic E-state index is 9.34. The Bertz CT molecular complexity index is 224. The summed E-state index contributed by atoms with van der Waals surface area (Å²) in [6.45, 7) is 2.85. The van der Waals surface area contributed by atoms with Gasteiger partial charge in [-0.2, -0.15) is 5.10 Å². The Morgan fingerprint density at radius 2 is 2.55 bits per heavy atom. The van der Waals surface area contributed by atoms with Gasteiger partial charge in [0.2, 0.25) is 0 Å². The summed E-state index contributed by atoms with van der Waals surface area (Å²) in [5.74, 6) is 0. The predicted molar refractivity (Wildman–Crippen MR) is 46.7 cm³/mol. The highest BCUT2D eigenvalue weighted by Gasteiger charge is 2.06. The third-order valence-corrected chi connectivity index (χ3v) is 2.12. The molecular weight excluding hydrogens is 208 g/mol. The van der Waals surface area contributed by atoms with Crippen molar-refractivity contribution in [3.05, 3.63) is 18.0 Å². The monoisotopic (exact) mass is 218 g/mol. The van der Waals surface area contributed by atoms with Crippen LogP contribution < -0.4 is 0 Å². The summed E-state index contributed by atoms with van der Waals surface area (Å²) < 4.78 is 1.79. The molecule has 0 radical (unpaired) electrons. The van der Waals surface area contributed by atoms with E-state index >= 15 is 0 Å². The molecule has 0 bridgehead atoms. The number of aryl methyl sites for hydroxylation is 1. The van der Waals surface area contributed by atoms with Gasteiger partial charge in [0.25, 0.3) is 0 Å². The van der Waals surface area contributed by atoms with Crippen LogP contribution in [0.15, 0.2) is 12.4 Å². The van der Waals surface area contributed by atoms with E-state index in [-0.39, 0.29) is 0 Å². The SMILES string of the molecule is CCn1cc(C(O)CBr)cn1. The summed E-state index contributed by atoms with van der Waals surface area (Å²) in [5, 5.41) is 13.9. The summed E-state index contributed by atoms with van der Waals surface area (Å²) in [6.07, 6.45) is 3.11. The molecule has 0 aromatic carbocycles. The molecule has 4 heteroatoms. The molecule has 0 amide bonds. The molecule has 1 heterocycles. The normalized spacial score (nSPS) is 13.4. The van der Waals surface area contributed by atoms with Gasteiger partial charge < -0.3 is 5.11 Å². The lowest BCUT2D eigenvalue weighted by atomic mass is 10.2. The molecule has 0 saturated carbocycles. The van der Waals surface area contributed by atoms with Crippen LogP contribution in [0.1, 0.15) is 18.6 Å². The third-order valence-electron chi connectivity index (χ3n) is 1.51. The van der Waals surface area contributed by atoms with E-state index in [9.17, 15) is 5.11 Å². The Kier molecular flexibility index (Phi) is 3.08. The van der Waals surface area contributed by atoms with Gasteiger partial charge in [-0.15, -0.1) is 0 Å². The molecule has 1 rings (SSSR count). The van der Waals surface area contributed by atoms with Gasteiger partial charge in [0, 0.05) is 23.6 Å². The average molecular weight is 219 g/mol. The third kappa shape index (κ3) is 2.04. The Morgan fingerprint density at radius 1 is 1.82 bits per heavy atom. The number of hydrogen-bond donors (Lipinski definition) is 1. The van der Waals surface area contributed by atoms with Crippen molar-refractivity contribution in [2.45, 2.75) is 19.6 Å². The first kappa shape index (κ1) is 8.74. The number of nitrogens with zero attached hydrogens (tertiary/aromatic N) is 2. The van der Waals surface area contributed by atoms with Crippen LogP contribution in [0.4, 0.5) is 0 Å². The fourth-order valence-corrected chi connectivity index (χ4v) is 1.19. The first-order valence-corrected chi connectivity index (χ1v) is 4.66. The molecule has 1 N–H and O–H groups in total. The number of rotatable bonds is 3. The van der Waals surface area contributed by atoms with Crippen molar-refractivity contribution in [2.75, 3.05) is 5.33 Å². The summed E-state index contributed by atoms with van der Waals surface area (Å²) in [4.78, 5) is 0. The van der Waals surface area contributed by atoms with Crippen molar-refractivity contribution in [1.82, 2.24) is 9.78 Å². The first-order chi connectivity index (χ1) is 5.27. The second-order valence-corrected chi connectivity index (χ2v) is 2.95. The van der Waals surface area contributed by atoms with E-state index in [1.807, 2.05) is 13.1 Å². The summed E-state index contributed by atoms with van der Waals surface area (Å²) in [7, 11) is 0. The molecule has 11 heavy (non-hydrogen) atoms. The van der Waals surface area contributed by atoms with Crippen molar-refractivity contribution < 1.29 is 5.11 Å². The van der Waals surface area contributed by atoms with E-state index in [1.165, 1.54) is 0 Å². The number of alkyl halides is 1. The first-order valence-electron chi connectivity index (χ1n) is 3.54. The van der Waals surface area contributed by atoms with E-state index in [1.54, 1.807) is 10.9 Å². The van der Waals surface area contributed by atoms with Gasteiger partial charge in [-0.3, -0.25) is 4.68 Å². The minimum absolute atomic E-state index is 0.435. The Morgan fingerprint density at radius 3 is 3.00 bits per heavy atom. The molecule has 62 valence electrons. The molecule has 1 aromatic heterocycles. The van der Waals surface area contributed by atoms with E-state index in [0.717, 1.165) is 12.1 Å². The fraction of sp³-hybridized carbons (Fsp3) is 0.571. The van der Waals surface area contributed by atoms with E-state index < -0.39 is 6.10 Å². The van der Waals surface area contributed by atoms with E-state index in [2.05, 4.69) is 21.0 Å². The Labute approximate surface area is 74.2 Å². The average Bonchev–Trinajstić information content (AvgIpc) is 2.50. The lowest BCUT2D eigenvalue weighted by Crippen LogP contribution is -1.96. The largest absolute Gasteiger partial charge is 0.387 e. The van der Waals surface area contributed by atoms with Gasteiger partial charge >= 0.3 is 0 Å². The minimum Gasteiger partial charge on any atom is -0.387 e. The molecule has 0 spiro atoms. The van der Waals surface area contributed by atoms with Crippen LogP contribution in [0.25, 0.3) is 0 Å². The second kappa shape index (κ2) is 3.88. The zero-order valence-corrected chi connectivity index (χ0v) is 7.95. The molecule has 0 aliphatic rings. The van der Waals surface area contributed by atoms with Gasteiger partial charge in [0.05, 0.1) is 12.3 Å². The predicted octanol–water partition coefficient (Wildman–Crippen LogP) is 1.33. The van der Waals surface area contributed by atoms with Crippen molar-refractivity contribution in [3.8, 4) is 0 Å². The van der Waals surface area contributed by atoms with Crippen LogP contribution in [0.2, 0.25) is 0 Å². The lowest BCUT2D eigenvalue weighted by molar-refractivity contribution is 0.205. The number of aromatic nitrogens is 2. The fourth-order valence-electron chi connectivity index (χ4n) is 0.814. The quantitative estimate of drug-likeness (QED) is 0.778. The molecular formula is C7H11BrN2O. The maximum Gasteiger partial charge on any atom is 0.0917 e. The van der Waals surface area contributed by atoms with Gasteiger partial charge in [0.1, 0.15) is 0 Å².